The lowest BCUT2D eigenvalue weighted by Crippen LogP contribution is -2.36. The number of nitrogens with one attached hydrogen (secondary N) is 1. The molecule has 126 valence electrons. The molecule has 0 aliphatic carbocycles. The van der Waals surface area contributed by atoms with Crippen molar-refractivity contribution in [3.63, 3.8) is 0 Å². The Labute approximate surface area is 147 Å². The van der Waals surface area contributed by atoms with Crippen molar-refractivity contribution in [2.45, 2.75) is 18.9 Å². The molecule has 0 saturated carbocycles. The Morgan fingerprint density at radius 1 is 0.920 bits per heavy atom. The molecular formula is C21H21N3O. The molecule has 1 aromatic heterocycles. The van der Waals surface area contributed by atoms with E-state index in [0.717, 1.165) is 23.2 Å². The highest BCUT2D eigenvalue weighted by Gasteiger charge is 2.13. The van der Waals surface area contributed by atoms with E-state index in [1.165, 1.54) is 5.56 Å². The fraction of sp³-hybridized carbons (Fsp3) is 0.143. The van der Waals surface area contributed by atoms with Crippen molar-refractivity contribution in [2.75, 3.05) is 5.32 Å². The number of pyridine rings is 1. The van der Waals surface area contributed by atoms with Crippen molar-refractivity contribution >= 4 is 11.6 Å². The highest BCUT2D eigenvalue weighted by molar-refractivity contribution is 5.94. The molecule has 1 atom stereocenters. The average molecular weight is 331 g/mol. The molecule has 4 heteroatoms. The monoisotopic (exact) mass is 331 g/mol. The number of nitrogens with zero attached hydrogens (tertiary/aromatic N) is 1. The minimum absolute atomic E-state index is 0.160. The van der Waals surface area contributed by atoms with E-state index in [9.17, 15) is 4.79 Å². The molecule has 0 aliphatic heterocycles. The molecule has 25 heavy (non-hydrogen) atoms. The SMILES string of the molecule is NC(CCc1ccccc1)C(=O)Nc1ccc(-c2ccncc2)cc1. The zero-order valence-corrected chi connectivity index (χ0v) is 13.9. The van der Waals surface area contributed by atoms with Gasteiger partial charge in [-0.3, -0.25) is 9.78 Å². The van der Waals surface area contributed by atoms with Crippen molar-refractivity contribution in [1.82, 2.24) is 4.98 Å². The van der Waals surface area contributed by atoms with Crippen LogP contribution in [-0.2, 0) is 11.2 Å². The summed E-state index contributed by atoms with van der Waals surface area (Å²) in [5.41, 5.74) is 10.1. The van der Waals surface area contributed by atoms with Crippen LogP contribution in [0.5, 0.6) is 0 Å². The van der Waals surface area contributed by atoms with Crippen LogP contribution in [0.25, 0.3) is 11.1 Å². The Balaban J connectivity index is 1.55. The van der Waals surface area contributed by atoms with Crippen molar-refractivity contribution in [3.8, 4) is 11.1 Å². The molecule has 3 aromatic rings. The summed E-state index contributed by atoms with van der Waals surface area (Å²) in [7, 11) is 0. The Morgan fingerprint density at radius 2 is 1.56 bits per heavy atom. The van der Waals surface area contributed by atoms with Gasteiger partial charge in [0.15, 0.2) is 0 Å². The van der Waals surface area contributed by atoms with E-state index in [0.29, 0.717) is 6.42 Å². The molecule has 0 spiro atoms. The van der Waals surface area contributed by atoms with Gasteiger partial charge in [0.05, 0.1) is 6.04 Å². The maximum atomic E-state index is 12.2. The molecule has 0 radical (unpaired) electrons. The number of rotatable bonds is 6. The summed E-state index contributed by atoms with van der Waals surface area (Å²) in [5.74, 6) is -0.160. The molecule has 0 fully saturated rings. The second-order valence-electron chi connectivity index (χ2n) is 5.93. The minimum atomic E-state index is -0.528. The molecule has 4 nitrogen and oxygen atoms in total. The van der Waals surface area contributed by atoms with E-state index in [2.05, 4.69) is 10.3 Å². The molecule has 1 unspecified atom stereocenters. The van der Waals surface area contributed by atoms with Gasteiger partial charge in [0, 0.05) is 18.1 Å². The minimum Gasteiger partial charge on any atom is -0.325 e. The molecular weight excluding hydrogens is 310 g/mol. The number of aryl methyl sites for hydroxylation is 1. The van der Waals surface area contributed by atoms with Gasteiger partial charge in [-0.05, 0) is 53.8 Å². The molecule has 0 saturated heterocycles. The molecule has 3 N–H and O–H groups in total. The number of benzene rings is 2. The lowest BCUT2D eigenvalue weighted by Gasteiger charge is -2.13. The van der Waals surface area contributed by atoms with E-state index in [-0.39, 0.29) is 5.91 Å². The Hall–Kier alpha value is -2.98. The summed E-state index contributed by atoms with van der Waals surface area (Å²) in [6.07, 6.45) is 4.93. The van der Waals surface area contributed by atoms with Crippen molar-refractivity contribution in [2.24, 2.45) is 5.73 Å². The second kappa shape index (κ2) is 8.22. The van der Waals surface area contributed by atoms with Gasteiger partial charge in [-0.15, -0.1) is 0 Å². The van der Waals surface area contributed by atoms with E-state index in [4.69, 9.17) is 5.73 Å². The molecule has 1 amide bonds. The average Bonchev–Trinajstić information content (AvgIpc) is 2.68. The first kappa shape index (κ1) is 16.9. The molecule has 2 aromatic carbocycles. The summed E-state index contributed by atoms with van der Waals surface area (Å²) in [6, 6.07) is 21.1. The van der Waals surface area contributed by atoms with Gasteiger partial charge in [-0.2, -0.15) is 0 Å². The van der Waals surface area contributed by atoms with Crippen molar-refractivity contribution in [3.05, 3.63) is 84.7 Å². The largest absolute Gasteiger partial charge is 0.325 e. The Kier molecular flexibility index (Phi) is 5.54. The first-order valence-electron chi connectivity index (χ1n) is 8.33. The van der Waals surface area contributed by atoms with Crippen LogP contribution in [0.4, 0.5) is 5.69 Å². The van der Waals surface area contributed by atoms with Crippen LogP contribution in [0.2, 0.25) is 0 Å². The van der Waals surface area contributed by atoms with Crippen molar-refractivity contribution < 1.29 is 4.79 Å². The van der Waals surface area contributed by atoms with Crippen LogP contribution in [-0.4, -0.2) is 16.9 Å². The van der Waals surface area contributed by atoms with Crippen molar-refractivity contribution in [1.29, 1.82) is 0 Å². The van der Waals surface area contributed by atoms with E-state index in [1.807, 2.05) is 66.7 Å². The third-order valence-electron chi connectivity index (χ3n) is 4.09. The van der Waals surface area contributed by atoms with Crippen LogP contribution in [0.3, 0.4) is 0 Å². The standard InChI is InChI=1S/C21H21N3O/c22-20(11-6-16-4-2-1-3-5-16)21(25)24-19-9-7-17(8-10-19)18-12-14-23-15-13-18/h1-5,7-10,12-15,20H,6,11,22H2,(H,24,25). The zero-order chi connectivity index (χ0) is 17.5. The summed E-state index contributed by atoms with van der Waals surface area (Å²) in [6.45, 7) is 0. The number of carbonyl (C=O) groups excluding carboxylic acids is 1. The topological polar surface area (TPSA) is 68.0 Å². The normalized spacial score (nSPS) is 11.7. The number of nitrogens with two attached hydrogens (primary N) is 1. The number of anilines is 1. The van der Waals surface area contributed by atoms with Crippen LogP contribution >= 0.6 is 0 Å². The third kappa shape index (κ3) is 4.75. The Morgan fingerprint density at radius 3 is 2.24 bits per heavy atom. The van der Waals surface area contributed by atoms with Gasteiger partial charge in [-0.1, -0.05) is 42.5 Å². The summed E-state index contributed by atoms with van der Waals surface area (Å²) >= 11 is 0. The quantitative estimate of drug-likeness (QED) is 0.724. The van der Waals surface area contributed by atoms with E-state index in [1.54, 1.807) is 12.4 Å². The van der Waals surface area contributed by atoms with Gasteiger partial charge >= 0.3 is 0 Å². The smallest absolute Gasteiger partial charge is 0.241 e. The van der Waals surface area contributed by atoms with E-state index >= 15 is 0 Å². The lowest BCUT2D eigenvalue weighted by atomic mass is 10.0. The first-order chi connectivity index (χ1) is 12.2. The summed E-state index contributed by atoms with van der Waals surface area (Å²) in [5, 5.41) is 2.88. The predicted molar refractivity (Wildman–Crippen MR) is 101 cm³/mol. The second-order valence-corrected chi connectivity index (χ2v) is 5.93. The third-order valence-corrected chi connectivity index (χ3v) is 4.09. The number of carbonyl (C=O) groups is 1. The van der Waals surface area contributed by atoms with Gasteiger partial charge in [-0.25, -0.2) is 0 Å². The first-order valence-corrected chi connectivity index (χ1v) is 8.33. The predicted octanol–water partition coefficient (Wildman–Crippen LogP) is 3.65. The number of hydrogen-bond acceptors (Lipinski definition) is 3. The van der Waals surface area contributed by atoms with E-state index < -0.39 is 6.04 Å². The number of amides is 1. The molecule has 0 bridgehead atoms. The Bertz CT molecular complexity index is 802. The molecule has 1 heterocycles. The van der Waals surface area contributed by atoms with Crippen LogP contribution in [0.15, 0.2) is 79.1 Å². The molecule has 0 aliphatic rings. The summed E-state index contributed by atoms with van der Waals surface area (Å²) < 4.78 is 0. The highest BCUT2D eigenvalue weighted by atomic mass is 16.2. The van der Waals surface area contributed by atoms with Crippen LogP contribution < -0.4 is 11.1 Å². The maximum Gasteiger partial charge on any atom is 0.241 e. The fourth-order valence-electron chi connectivity index (χ4n) is 2.62. The zero-order valence-electron chi connectivity index (χ0n) is 13.9. The van der Waals surface area contributed by atoms with Gasteiger partial charge < -0.3 is 11.1 Å². The van der Waals surface area contributed by atoms with Crippen LogP contribution in [0, 0.1) is 0 Å². The fourth-order valence-corrected chi connectivity index (χ4v) is 2.62. The number of aromatic nitrogens is 1. The van der Waals surface area contributed by atoms with Gasteiger partial charge in [0.25, 0.3) is 0 Å². The number of hydrogen-bond donors (Lipinski definition) is 2. The lowest BCUT2D eigenvalue weighted by molar-refractivity contribution is -0.117. The maximum absolute atomic E-state index is 12.2. The highest BCUT2D eigenvalue weighted by Crippen LogP contribution is 2.20. The van der Waals surface area contributed by atoms with Crippen LogP contribution in [0.1, 0.15) is 12.0 Å². The van der Waals surface area contributed by atoms with Gasteiger partial charge in [0.2, 0.25) is 5.91 Å². The molecule has 3 rings (SSSR count). The summed E-state index contributed by atoms with van der Waals surface area (Å²) in [4.78, 5) is 16.3. The van der Waals surface area contributed by atoms with Gasteiger partial charge in [0.1, 0.15) is 0 Å².